The van der Waals surface area contributed by atoms with Crippen LogP contribution in [0.25, 0.3) is 0 Å². The molecule has 0 radical (unpaired) electrons. The molecule has 128 valence electrons. The van der Waals surface area contributed by atoms with Gasteiger partial charge in [0.25, 0.3) is 0 Å². The van der Waals surface area contributed by atoms with Crippen molar-refractivity contribution in [2.24, 2.45) is 0 Å². The molecule has 0 unspecified atom stereocenters. The first-order chi connectivity index (χ1) is 11.5. The van der Waals surface area contributed by atoms with Gasteiger partial charge < -0.3 is 4.74 Å². The summed E-state index contributed by atoms with van der Waals surface area (Å²) in [5, 5.41) is 0. The van der Waals surface area contributed by atoms with Gasteiger partial charge >= 0.3 is 0 Å². The van der Waals surface area contributed by atoms with Crippen LogP contribution < -0.4 is 4.72 Å². The number of nitrogens with one attached hydrogen (secondary N) is 1. The Bertz CT molecular complexity index is 757. The normalized spacial score (nSPS) is 19.3. The Balaban J connectivity index is 1.81. The van der Waals surface area contributed by atoms with E-state index >= 15 is 0 Å². The number of benzene rings is 2. The fourth-order valence-corrected chi connectivity index (χ4v) is 4.31. The lowest BCUT2D eigenvalue weighted by Gasteiger charge is -2.24. The summed E-state index contributed by atoms with van der Waals surface area (Å²) in [6, 6.07) is 14.4. The van der Waals surface area contributed by atoms with Crippen molar-refractivity contribution >= 4 is 10.0 Å². The number of halogens is 1. The molecule has 6 heteroatoms. The van der Waals surface area contributed by atoms with E-state index in [0.717, 1.165) is 18.4 Å². The lowest BCUT2D eigenvalue weighted by Crippen LogP contribution is -2.36. The molecule has 2 aromatic rings. The van der Waals surface area contributed by atoms with Crippen LogP contribution in [-0.4, -0.2) is 21.1 Å². The van der Waals surface area contributed by atoms with Crippen LogP contribution in [0.5, 0.6) is 0 Å². The van der Waals surface area contributed by atoms with Crippen LogP contribution >= 0.6 is 0 Å². The standard InChI is InChI=1S/C18H20FNO3S/c19-16-10-8-15(9-11-16)18(17-7-4-12-23-17)20-24(21,22)13-14-5-2-1-3-6-14/h1-3,5-6,8-11,17-18,20H,4,7,12-13H2/t17-,18-/m1/s1. The first-order valence-corrected chi connectivity index (χ1v) is 9.60. The summed E-state index contributed by atoms with van der Waals surface area (Å²) < 4.78 is 46.7. The van der Waals surface area contributed by atoms with Crippen molar-refractivity contribution in [1.29, 1.82) is 0 Å². The molecule has 2 atom stereocenters. The number of hydrogen-bond donors (Lipinski definition) is 1. The van der Waals surface area contributed by atoms with Crippen molar-refractivity contribution in [2.75, 3.05) is 6.61 Å². The van der Waals surface area contributed by atoms with Crippen LogP contribution in [0.3, 0.4) is 0 Å². The molecule has 3 rings (SSSR count). The Labute approximate surface area is 141 Å². The summed E-state index contributed by atoms with van der Waals surface area (Å²) in [6.45, 7) is 0.614. The minimum absolute atomic E-state index is 0.0990. The summed E-state index contributed by atoms with van der Waals surface area (Å²) in [5.41, 5.74) is 1.43. The van der Waals surface area contributed by atoms with Crippen LogP contribution in [0.1, 0.15) is 30.0 Å². The molecular formula is C18H20FNO3S. The van der Waals surface area contributed by atoms with Crippen LogP contribution in [0.15, 0.2) is 54.6 Å². The van der Waals surface area contributed by atoms with E-state index in [9.17, 15) is 12.8 Å². The van der Waals surface area contributed by atoms with Crippen molar-refractivity contribution in [3.05, 3.63) is 71.5 Å². The van der Waals surface area contributed by atoms with Crippen molar-refractivity contribution in [3.63, 3.8) is 0 Å². The topological polar surface area (TPSA) is 55.4 Å². The van der Waals surface area contributed by atoms with Gasteiger partial charge in [0.05, 0.1) is 17.9 Å². The van der Waals surface area contributed by atoms with Gasteiger partial charge in [-0.05, 0) is 36.1 Å². The molecule has 1 N–H and O–H groups in total. The fourth-order valence-electron chi connectivity index (χ4n) is 2.92. The maximum Gasteiger partial charge on any atom is 0.216 e. The van der Waals surface area contributed by atoms with Crippen molar-refractivity contribution < 1.29 is 17.5 Å². The van der Waals surface area contributed by atoms with Crippen LogP contribution in [0, 0.1) is 5.82 Å². The number of ether oxygens (including phenoxy) is 1. The minimum Gasteiger partial charge on any atom is -0.376 e. The average molecular weight is 349 g/mol. The monoisotopic (exact) mass is 349 g/mol. The Kier molecular flexibility index (Phi) is 5.28. The third-order valence-electron chi connectivity index (χ3n) is 4.07. The van der Waals surface area contributed by atoms with Gasteiger partial charge in [0.2, 0.25) is 10.0 Å². The molecule has 0 saturated carbocycles. The molecule has 0 aromatic heterocycles. The molecule has 0 bridgehead atoms. The second-order valence-corrected chi connectivity index (χ2v) is 7.70. The Morgan fingerprint density at radius 3 is 2.46 bits per heavy atom. The summed E-state index contributed by atoms with van der Waals surface area (Å²) in [7, 11) is -3.55. The van der Waals surface area contributed by atoms with Crippen LogP contribution in [-0.2, 0) is 20.5 Å². The van der Waals surface area contributed by atoms with Crippen molar-refractivity contribution in [2.45, 2.75) is 30.7 Å². The zero-order valence-electron chi connectivity index (χ0n) is 13.2. The zero-order valence-corrected chi connectivity index (χ0v) is 14.0. The second kappa shape index (κ2) is 7.42. The fraction of sp³-hybridized carbons (Fsp3) is 0.333. The molecule has 1 aliphatic heterocycles. The lowest BCUT2D eigenvalue weighted by atomic mass is 10.0. The van der Waals surface area contributed by atoms with Gasteiger partial charge in [-0.15, -0.1) is 0 Å². The highest BCUT2D eigenvalue weighted by Crippen LogP contribution is 2.28. The van der Waals surface area contributed by atoms with Gasteiger partial charge in [-0.1, -0.05) is 42.5 Å². The molecule has 1 fully saturated rings. The number of rotatable bonds is 6. The van der Waals surface area contributed by atoms with E-state index in [-0.39, 0.29) is 17.7 Å². The summed E-state index contributed by atoms with van der Waals surface area (Å²) in [5.74, 6) is -0.449. The largest absolute Gasteiger partial charge is 0.376 e. The van der Waals surface area contributed by atoms with E-state index in [0.29, 0.717) is 12.2 Å². The quantitative estimate of drug-likeness (QED) is 0.871. The van der Waals surface area contributed by atoms with Gasteiger partial charge in [0, 0.05) is 6.61 Å². The van der Waals surface area contributed by atoms with E-state index in [4.69, 9.17) is 4.74 Å². The van der Waals surface area contributed by atoms with Crippen LogP contribution in [0.2, 0.25) is 0 Å². The van der Waals surface area contributed by atoms with Crippen molar-refractivity contribution in [3.8, 4) is 0 Å². The maximum absolute atomic E-state index is 13.2. The van der Waals surface area contributed by atoms with Gasteiger partial charge in [0.1, 0.15) is 5.82 Å². The molecule has 0 spiro atoms. The maximum atomic E-state index is 13.2. The van der Waals surface area contributed by atoms with Crippen LogP contribution in [0.4, 0.5) is 4.39 Å². The van der Waals surface area contributed by atoms with Gasteiger partial charge in [-0.2, -0.15) is 0 Å². The molecule has 1 aliphatic rings. The SMILES string of the molecule is O=S(=O)(Cc1ccccc1)N[C@H](c1ccc(F)cc1)[C@H]1CCCO1. The third kappa shape index (κ3) is 4.41. The summed E-state index contributed by atoms with van der Waals surface area (Å²) in [4.78, 5) is 0. The van der Waals surface area contributed by atoms with E-state index in [1.54, 1.807) is 24.3 Å². The molecule has 24 heavy (non-hydrogen) atoms. The number of sulfonamides is 1. The predicted octanol–water partition coefficient (Wildman–Crippen LogP) is 3.17. The highest BCUT2D eigenvalue weighted by molar-refractivity contribution is 7.88. The molecule has 0 aliphatic carbocycles. The smallest absolute Gasteiger partial charge is 0.216 e. The summed E-state index contributed by atoms with van der Waals surface area (Å²) >= 11 is 0. The van der Waals surface area contributed by atoms with E-state index < -0.39 is 16.1 Å². The van der Waals surface area contributed by atoms with Gasteiger partial charge in [-0.3, -0.25) is 0 Å². The first-order valence-electron chi connectivity index (χ1n) is 7.94. The van der Waals surface area contributed by atoms with E-state index in [1.807, 2.05) is 18.2 Å². The highest BCUT2D eigenvalue weighted by atomic mass is 32.2. The minimum atomic E-state index is -3.55. The average Bonchev–Trinajstić information content (AvgIpc) is 3.08. The molecule has 2 aromatic carbocycles. The first kappa shape index (κ1) is 17.1. The lowest BCUT2D eigenvalue weighted by molar-refractivity contribution is 0.0851. The predicted molar refractivity (Wildman–Crippen MR) is 90.3 cm³/mol. The molecular weight excluding hydrogens is 329 g/mol. The number of hydrogen-bond acceptors (Lipinski definition) is 3. The molecule has 0 amide bonds. The Morgan fingerprint density at radius 1 is 1.12 bits per heavy atom. The summed E-state index contributed by atoms with van der Waals surface area (Å²) in [6.07, 6.45) is 1.43. The van der Waals surface area contributed by atoms with Gasteiger partial charge in [0.15, 0.2) is 0 Å². The second-order valence-electron chi connectivity index (χ2n) is 5.94. The molecule has 4 nitrogen and oxygen atoms in total. The zero-order chi connectivity index (χ0) is 17.0. The highest BCUT2D eigenvalue weighted by Gasteiger charge is 2.30. The van der Waals surface area contributed by atoms with Gasteiger partial charge in [-0.25, -0.2) is 17.5 Å². The van der Waals surface area contributed by atoms with E-state index in [2.05, 4.69) is 4.72 Å². The van der Waals surface area contributed by atoms with Crippen molar-refractivity contribution in [1.82, 2.24) is 4.72 Å². The molecule has 1 heterocycles. The Morgan fingerprint density at radius 2 is 1.83 bits per heavy atom. The third-order valence-corrected chi connectivity index (χ3v) is 5.40. The van der Waals surface area contributed by atoms with E-state index in [1.165, 1.54) is 12.1 Å². The Hall–Kier alpha value is -1.76. The molecule has 1 saturated heterocycles.